The van der Waals surface area contributed by atoms with Crippen molar-refractivity contribution in [3.63, 3.8) is 0 Å². The summed E-state index contributed by atoms with van der Waals surface area (Å²) < 4.78 is 0. The number of benzene rings is 1. The third-order valence-electron chi connectivity index (χ3n) is 2.76. The van der Waals surface area contributed by atoms with Crippen molar-refractivity contribution < 1.29 is 4.79 Å². The van der Waals surface area contributed by atoms with Crippen LogP contribution in [0.25, 0.3) is 5.57 Å². The van der Waals surface area contributed by atoms with Gasteiger partial charge in [0.1, 0.15) is 17.7 Å². The molecule has 1 aromatic rings. The molecule has 0 saturated carbocycles. The lowest BCUT2D eigenvalue weighted by Gasteiger charge is -2.14. The Labute approximate surface area is 115 Å². The van der Waals surface area contributed by atoms with Gasteiger partial charge in [0.15, 0.2) is 0 Å². The van der Waals surface area contributed by atoms with Gasteiger partial charge in [0, 0.05) is 17.1 Å². The second-order valence-corrected chi connectivity index (χ2v) is 4.28. The Morgan fingerprint density at radius 2 is 2.11 bits per heavy atom. The van der Waals surface area contributed by atoms with Gasteiger partial charge < -0.3 is 4.90 Å². The van der Waals surface area contributed by atoms with Crippen molar-refractivity contribution in [1.82, 2.24) is 0 Å². The van der Waals surface area contributed by atoms with Crippen LogP contribution in [0.15, 0.2) is 36.4 Å². The van der Waals surface area contributed by atoms with Crippen LogP contribution < -0.4 is 4.90 Å². The van der Waals surface area contributed by atoms with Crippen LogP contribution in [0.2, 0.25) is 5.02 Å². The van der Waals surface area contributed by atoms with E-state index in [4.69, 9.17) is 22.1 Å². The summed E-state index contributed by atoms with van der Waals surface area (Å²) in [6.45, 7) is 3.90. The minimum absolute atomic E-state index is 0.101. The molecule has 0 radical (unpaired) electrons. The number of anilines is 1. The van der Waals surface area contributed by atoms with Crippen LogP contribution in [0.1, 0.15) is 5.56 Å². The molecule has 0 unspecified atom stereocenters. The van der Waals surface area contributed by atoms with Crippen molar-refractivity contribution in [3.05, 3.63) is 47.0 Å². The van der Waals surface area contributed by atoms with Gasteiger partial charge in [0.05, 0.1) is 11.3 Å². The van der Waals surface area contributed by atoms with Gasteiger partial charge in [-0.3, -0.25) is 4.79 Å². The molecule has 1 heterocycles. The number of amides is 1. The third kappa shape index (κ3) is 1.99. The zero-order valence-electron chi connectivity index (χ0n) is 9.85. The van der Waals surface area contributed by atoms with Crippen molar-refractivity contribution in [2.45, 2.75) is 0 Å². The van der Waals surface area contributed by atoms with Crippen LogP contribution >= 0.6 is 11.6 Å². The summed E-state index contributed by atoms with van der Waals surface area (Å²) in [5.74, 6) is -0.379. The topological polar surface area (TPSA) is 67.9 Å². The summed E-state index contributed by atoms with van der Waals surface area (Å²) in [5, 5.41) is 18.4. The first kappa shape index (κ1) is 12.9. The Morgan fingerprint density at radius 1 is 1.42 bits per heavy atom. The van der Waals surface area contributed by atoms with E-state index in [-0.39, 0.29) is 17.1 Å². The Balaban J connectivity index is 2.75. The molecule has 0 saturated heterocycles. The summed E-state index contributed by atoms with van der Waals surface area (Å²) in [6.07, 6.45) is 1.58. The number of hydrogen-bond acceptors (Lipinski definition) is 3. The molecule has 0 fully saturated rings. The molecule has 0 aliphatic carbocycles. The standard InChI is InChI=1S/C14H8ClN3O/c1-2-5-18-12-4-3-10(15)6-11(12)13(14(18)19)9(7-16)8-17/h2-4,6H,1,5H2. The van der Waals surface area contributed by atoms with E-state index in [0.717, 1.165) is 0 Å². The van der Waals surface area contributed by atoms with Gasteiger partial charge >= 0.3 is 0 Å². The van der Waals surface area contributed by atoms with Crippen molar-refractivity contribution in [3.8, 4) is 12.1 Å². The average molecular weight is 270 g/mol. The normalized spacial score (nSPS) is 12.7. The van der Waals surface area contributed by atoms with Crippen LogP contribution in [0, 0.1) is 22.7 Å². The zero-order chi connectivity index (χ0) is 14.0. The molecule has 1 aromatic carbocycles. The summed E-state index contributed by atoms with van der Waals surface area (Å²) in [7, 11) is 0. The first-order chi connectivity index (χ1) is 9.13. The Kier molecular flexibility index (Phi) is 3.37. The first-order valence-corrected chi connectivity index (χ1v) is 5.79. The molecule has 1 amide bonds. The van der Waals surface area contributed by atoms with E-state index in [1.807, 2.05) is 0 Å². The lowest BCUT2D eigenvalue weighted by molar-refractivity contribution is -0.112. The van der Waals surface area contributed by atoms with Crippen molar-refractivity contribution in [1.29, 1.82) is 10.5 Å². The Bertz CT molecular complexity index is 676. The molecular formula is C14H8ClN3O. The number of carbonyl (C=O) groups is 1. The van der Waals surface area contributed by atoms with Crippen LogP contribution in [-0.2, 0) is 4.79 Å². The lowest BCUT2D eigenvalue weighted by Crippen LogP contribution is -2.26. The van der Waals surface area contributed by atoms with Crippen LogP contribution in [0.3, 0.4) is 0 Å². The minimum Gasteiger partial charge on any atom is -0.304 e. The molecular weight excluding hydrogens is 262 g/mol. The molecule has 2 rings (SSSR count). The quantitative estimate of drug-likeness (QED) is 0.471. The monoisotopic (exact) mass is 269 g/mol. The van der Waals surface area contributed by atoms with Gasteiger partial charge in [-0.2, -0.15) is 10.5 Å². The van der Waals surface area contributed by atoms with E-state index in [1.54, 1.807) is 36.4 Å². The number of nitriles is 2. The molecule has 0 bridgehead atoms. The van der Waals surface area contributed by atoms with E-state index in [2.05, 4.69) is 6.58 Å². The highest BCUT2D eigenvalue weighted by atomic mass is 35.5. The molecule has 4 nitrogen and oxygen atoms in total. The van der Waals surface area contributed by atoms with Gasteiger partial charge in [0.2, 0.25) is 0 Å². The van der Waals surface area contributed by atoms with Gasteiger partial charge in [-0.25, -0.2) is 0 Å². The second-order valence-electron chi connectivity index (χ2n) is 3.84. The minimum atomic E-state index is -0.379. The highest BCUT2D eigenvalue weighted by Gasteiger charge is 2.34. The van der Waals surface area contributed by atoms with E-state index in [0.29, 0.717) is 22.8 Å². The largest absolute Gasteiger partial charge is 0.304 e. The molecule has 0 N–H and O–H groups in total. The number of allylic oxidation sites excluding steroid dienone is 1. The molecule has 92 valence electrons. The fraction of sp³-hybridized carbons (Fsp3) is 0.0714. The van der Waals surface area contributed by atoms with Crippen LogP contribution in [-0.4, -0.2) is 12.5 Å². The average Bonchev–Trinajstić information content (AvgIpc) is 2.66. The number of fused-ring (bicyclic) bond motifs is 1. The zero-order valence-corrected chi connectivity index (χ0v) is 10.6. The lowest BCUT2D eigenvalue weighted by atomic mass is 10.0. The summed E-state index contributed by atoms with van der Waals surface area (Å²) in [5.41, 5.74) is 1.04. The SMILES string of the molecule is C=CCN1C(=O)C(=C(C#N)C#N)c2cc(Cl)ccc21. The second kappa shape index (κ2) is 4.97. The Morgan fingerprint density at radius 3 is 2.68 bits per heavy atom. The fourth-order valence-electron chi connectivity index (χ4n) is 1.99. The molecule has 1 aliphatic heterocycles. The van der Waals surface area contributed by atoms with E-state index in [9.17, 15) is 4.79 Å². The summed E-state index contributed by atoms with van der Waals surface area (Å²) >= 11 is 5.91. The molecule has 5 heteroatoms. The van der Waals surface area contributed by atoms with E-state index >= 15 is 0 Å². The number of rotatable bonds is 2. The van der Waals surface area contributed by atoms with Crippen molar-refractivity contribution in [2.24, 2.45) is 0 Å². The molecule has 0 spiro atoms. The van der Waals surface area contributed by atoms with Gasteiger partial charge in [-0.1, -0.05) is 17.7 Å². The molecule has 1 aliphatic rings. The number of hydrogen-bond donors (Lipinski definition) is 0. The number of halogens is 1. The maximum absolute atomic E-state index is 12.3. The first-order valence-electron chi connectivity index (χ1n) is 5.41. The van der Waals surface area contributed by atoms with Crippen LogP contribution in [0.5, 0.6) is 0 Å². The van der Waals surface area contributed by atoms with E-state index in [1.165, 1.54) is 4.90 Å². The smallest absolute Gasteiger partial charge is 0.261 e. The fourth-order valence-corrected chi connectivity index (χ4v) is 2.16. The van der Waals surface area contributed by atoms with Crippen LogP contribution in [0.4, 0.5) is 5.69 Å². The summed E-state index contributed by atoms with van der Waals surface area (Å²) in [4.78, 5) is 13.8. The predicted molar refractivity (Wildman–Crippen MR) is 72.1 cm³/mol. The summed E-state index contributed by atoms with van der Waals surface area (Å²) in [6, 6.07) is 8.43. The molecule has 19 heavy (non-hydrogen) atoms. The number of nitrogens with zero attached hydrogens (tertiary/aromatic N) is 3. The van der Waals surface area contributed by atoms with Crippen molar-refractivity contribution >= 4 is 28.8 Å². The maximum atomic E-state index is 12.3. The van der Waals surface area contributed by atoms with Crippen molar-refractivity contribution in [2.75, 3.05) is 11.4 Å². The third-order valence-corrected chi connectivity index (χ3v) is 3.00. The molecule has 0 atom stereocenters. The van der Waals surface area contributed by atoms with Gasteiger partial charge in [0.25, 0.3) is 5.91 Å². The predicted octanol–water partition coefficient (Wildman–Crippen LogP) is 2.67. The molecule has 0 aromatic heterocycles. The highest BCUT2D eigenvalue weighted by molar-refractivity contribution is 6.36. The van der Waals surface area contributed by atoms with E-state index < -0.39 is 0 Å². The van der Waals surface area contributed by atoms with Gasteiger partial charge in [-0.15, -0.1) is 6.58 Å². The Hall–Kier alpha value is -2.56. The van der Waals surface area contributed by atoms with Gasteiger partial charge in [-0.05, 0) is 18.2 Å². The highest BCUT2D eigenvalue weighted by Crippen LogP contribution is 2.39. The number of carbonyl (C=O) groups excluding carboxylic acids is 1. The maximum Gasteiger partial charge on any atom is 0.261 e.